The lowest BCUT2D eigenvalue weighted by Crippen LogP contribution is -2.27. The summed E-state index contributed by atoms with van der Waals surface area (Å²) in [7, 11) is 4.01. The van der Waals surface area contributed by atoms with Crippen LogP contribution in [0.4, 0.5) is 17.5 Å². The maximum Gasteiger partial charge on any atom is 0.225 e. The molecule has 128 valence electrons. The lowest BCUT2D eigenvalue weighted by Gasteiger charge is -2.21. The largest absolute Gasteiger partial charge is 0.381 e. The van der Waals surface area contributed by atoms with Gasteiger partial charge in [0.2, 0.25) is 5.95 Å². The van der Waals surface area contributed by atoms with Crippen LogP contribution in [0.5, 0.6) is 0 Å². The van der Waals surface area contributed by atoms with E-state index < -0.39 is 0 Å². The van der Waals surface area contributed by atoms with Crippen molar-refractivity contribution in [3.8, 4) is 0 Å². The van der Waals surface area contributed by atoms with Gasteiger partial charge in [-0.1, -0.05) is 0 Å². The van der Waals surface area contributed by atoms with Crippen LogP contribution in [0.15, 0.2) is 30.6 Å². The van der Waals surface area contributed by atoms with E-state index in [9.17, 15) is 0 Å². The van der Waals surface area contributed by atoms with Crippen LogP contribution in [-0.4, -0.2) is 48.2 Å². The normalized spacial score (nSPS) is 18.1. The molecule has 0 spiro atoms. The van der Waals surface area contributed by atoms with Crippen molar-refractivity contribution in [2.45, 2.75) is 32.2 Å². The van der Waals surface area contributed by atoms with Crippen LogP contribution in [0, 0.1) is 6.92 Å². The average Bonchev–Trinajstić information content (AvgIpc) is 2.81. The van der Waals surface area contributed by atoms with Gasteiger partial charge in [0, 0.05) is 45.1 Å². The molecule has 1 aliphatic rings. The van der Waals surface area contributed by atoms with Gasteiger partial charge in [0.25, 0.3) is 0 Å². The summed E-state index contributed by atoms with van der Waals surface area (Å²) in [5, 5.41) is 3.62. The summed E-state index contributed by atoms with van der Waals surface area (Å²) >= 11 is 0. The number of anilines is 3. The average molecular weight is 326 g/mol. The highest BCUT2D eigenvalue weighted by Crippen LogP contribution is 2.20. The maximum absolute atomic E-state index is 4.55. The fourth-order valence-electron chi connectivity index (χ4n) is 3.00. The minimum Gasteiger partial charge on any atom is -0.381 e. The third kappa shape index (κ3) is 4.13. The SMILES string of the molecule is Cc1ccnc(N2CCCC(Nc3ccc(N(C)C)nc3)CC2)n1. The smallest absolute Gasteiger partial charge is 0.225 e. The number of hydrogen-bond donors (Lipinski definition) is 1. The molecule has 0 saturated carbocycles. The quantitative estimate of drug-likeness (QED) is 0.932. The van der Waals surface area contributed by atoms with E-state index in [2.05, 4.69) is 31.2 Å². The number of pyridine rings is 1. The van der Waals surface area contributed by atoms with Crippen molar-refractivity contribution in [2.75, 3.05) is 42.3 Å². The Morgan fingerprint density at radius 2 is 2.00 bits per heavy atom. The first-order valence-corrected chi connectivity index (χ1v) is 8.56. The first-order chi connectivity index (χ1) is 11.6. The Bertz CT molecular complexity index is 655. The molecular weight excluding hydrogens is 300 g/mol. The third-order valence-corrected chi connectivity index (χ3v) is 4.37. The minimum absolute atomic E-state index is 0.465. The molecular formula is C18H26N6. The van der Waals surface area contributed by atoms with Crippen molar-refractivity contribution in [1.29, 1.82) is 0 Å². The van der Waals surface area contributed by atoms with E-state index in [-0.39, 0.29) is 0 Å². The highest BCUT2D eigenvalue weighted by molar-refractivity contribution is 5.48. The molecule has 0 bridgehead atoms. The van der Waals surface area contributed by atoms with Gasteiger partial charge in [-0.25, -0.2) is 15.0 Å². The molecule has 0 aromatic carbocycles. The number of hydrogen-bond acceptors (Lipinski definition) is 6. The number of aromatic nitrogens is 3. The summed E-state index contributed by atoms with van der Waals surface area (Å²) in [6, 6.07) is 6.56. The van der Waals surface area contributed by atoms with E-state index in [4.69, 9.17) is 0 Å². The van der Waals surface area contributed by atoms with Crippen LogP contribution in [0.3, 0.4) is 0 Å². The van der Waals surface area contributed by atoms with Crippen molar-refractivity contribution in [3.63, 3.8) is 0 Å². The fourth-order valence-corrected chi connectivity index (χ4v) is 3.00. The summed E-state index contributed by atoms with van der Waals surface area (Å²) in [6.45, 7) is 4.00. The Morgan fingerprint density at radius 3 is 2.71 bits per heavy atom. The molecule has 0 aliphatic carbocycles. The topological polar surface area (TPSA) is 57.2 Å². The Hall–Kier alpha value is -2.37. The monoisotopic (exact) mass is 326 g/mol. The molecule has 1 aliphatic heterocycles. The number of aryl methyl sites for hydroxylation is 1. The van der Waals surface area contributed by atoms with E-state index >= 15 is 0 Å². The summed E-state index contributed by atoms with van der Waals surface area (Å²) in [5.41, 5.74) is 2.11. The van der Waals surface area contributed by atoms with Crippen molar-refractivity contribution in [3.05, 3.63) is 36.3 Å². The Morgan fingerprint density at radius 1 is 1.12 bits per heavy atom. The van der Waals surface area contributed by atoms with Gasteiger partial charge in [0.05, 0.1) is 11.9 Å². The van der Waals surface area contributed by atoms with Gasteiger partial charge >= 0.3 is 0 Å². The van der Waals surface area contributed by atoms with Crippen molar-refractivity contribution >= 4 is 17.5 Å². The second-order valence-corrected chi connectivity index (χ2v) is 6.56. The van der Waals surface area contributed by atoms with Crippen LogP contribution in [-0.2, 0) is 0 Å². The molecule has 1 saturated heterocycles. The first-order valence-electron chi connectivity index (χ1n) is 8.56. The predicted octanol–water partition coefficient (Wildman–Crippen LogP) is 2.72. The van der Waals surface area contributed by atoms with Gasteiger partial charge < -0.3 is 15.1 Å². The summed E-state index contributed by atoms with van der Waals surface area (Å²) in [5.74, 6) is 1.83. The summed E-state index contributed by atoms with van der Waals surface area (Å²) in [4.78, 5) is 17.7. The first kappa shape index (κ1) is 16.5. The summed E-state index contributed by atoms with van der Waals surface area (Å²) < 4.78 is 0. The van der Waals surface area contributed by atoms with Crippen LogP contribution in [0.2, 0.25) is 0 Å². The standard InChI is InChI=1S/C18H26N6/c1-14-8-10-19-18(21-14)24-11-4-5-15(9-12-24)22-16-6-7-17(20-13-16)23(2)3/h6-8,10,13,15,22H,4-5,9,11-12H2,1-3H3. The Labute approximate surface area is 143 Å². The van der Waals surface area contributed by atoms with E-state index in [1.807, 2.05) is 50.4 Å². The molecule has 3 rings (SSSR count). The van der Waals surface area contributed by atoms with Gasteiger partial charge in [-0.15, -0.1) is 0 Å². The third-order valence-electron chi connectivity index (χ3n) is 4.37. The molecule has 6 heteroatoms. The molecule has 1 N–H and O–H groups in total. The zero-order valence-electron chi connectivity index (χ0n) is 14.7. The number of rotatable bonds is 4. The zero-order chi connectivity index (χ0) is 16.9. The molecule has 0 amide bonds. The van der Waals surface area contributed by atoms with Gasteiger partial charge in [0.1, 0.15) is 5.82 Å². The van der Waals surface area contributed by atoms with Crippen LogP contribution >= 0.6 is 0 Å². The molecule has 1 atom stereocenters. The van der Waals surface area contributed by atoms with E-state index in [1.54, 1.807) is 0 Å². The Balaban J connectivity index is 1.59. The van der Waals surface area contributed by atoms with Crippen LogP contribution in [0.25, 0.3) is 0 Å². The zero-order valence-corrected chi connectivity index (χ0v) is 14.7. The number of nitrogens with one attached hydrogen (secondary N) is 1. The van der Waals surface area contributed by atoms with Gasteiger partial charge in [-0.3, -0.25) is 0 Å². The molecule has 0 radical (unpaired) electrons. The molecule has 2 aromatic heterocycles. The second kappa shape index (κ2) is 7.47. The van der Waals surface area contributed by atoms with Crippen molar-refractivity contribution in [2.24, 2.45) is 0 Å². The maximum atomic E-state index is 4.55. The van der Waals surface area contributed by atoms with E-state index in [0.29, 0.717) is 6.04 Å². The molecule has 2 aromatic rings. The minimum atomic E-state index is 0.465. The second-order valence-electron chi connectivity index (χ2n) is 6.56. The van der Waals surface area contributed by atoms with Gasteiger partial charge in [-0.05, 0) is 44.4 Å². The van der Waals surface area contributed by atoms with Crippen molar-refractivity contribution < 1.29 is 0 Å². The van der Waals surface area contributed by atoms with E-state index in [0.717, 1.165) is 55.5 Å². The Kier molecular flexibility index (Phi) is 5.13. The molecule has 6 nitrogen and oxygen atoms in total. The highest BCUT2D eigenvalue weighted by atomic mass is 15.2. The van der Waals surface area contributed by atoms with Crippen molar-refractivity contribution in [1.82, 2.24) is 15.0 Å². The number of nitrogens with zero attached hydrogens (tertiary/aromatic N) is 5. The van der Waals surface area contributed by atoms with Gasteiger partial charge in [-0.2, -0.15) is 0 Å². The molecule has 1 fully saturated rings. The highest BCUT2D eigenvalue weighted by Gasteiger charge is 2.18. The molecule has 24 heavy (non-hydrogen) atoms. The van der Waals surface area contributed by atoms with Gasteiger partial charge in [0.15, 0.2) is 0 Å². The van der Waals surface area contributed by atoms with E-state index in [1.165, 1.54) is 0 Å². The van der Waals surface area contributed by atoms with Crippen LogP contribution in [0.1, 0.15) is 25.0 Å². The molecule has 1 unspecified atom stereocenters. The fraction of sp³-hybridized carbons (Fsp3) is 0.500. The van der Waals surface area contributed by atoms with Crippen LogP contribution < -0.4 is 15.1 Å². The lowest BCUT2D eigenvalue weighted by molar-refractivity contribution is 0.639. The predicted molar refractivity (Wildman–Crippen MR) is 98.8 cm³/mol. The molecule has 3 heterocycles. The lowest BCUT2D eigenvalue weighted by atomic mass is 10.1. The summed E-state index contributed by atoms with van der Waals surface area (Å²) in [6.07, 6.45) is 7.13.